The van der Waals surface area contributed by atoms with Crippen molar-refractivity contribution in [3.63, 3.8) is 0 Å². The number of aliphatic hydroxyl groups is 1. The Kier molecular flexibility index (Phi) is 5.69. The van der Waals surface area contributed by atoms with Gasteiger partial charge in [0.15, 0.2) is 0 Å². The minimum atomic E-state index is -4.51. The van der Waals surface area contributed by atoms with Crippen molar-refractivity contribution >= 4 is 23.6 Å². The molecule has 1 saturated heterocycles. The number of primary amides is 1. The van der Waals surface area contributed by atoms with Gasteiger partial charge in [0.05, 0.1) is 5.56 Å². The van der Waals surface area contributed by atoms with Crippen LogP contribution in [-0.4, -0.2) is 48.2 Å². The van der Waals surface area contributed by atoms with E-state index in [4.69, 9.17) is 5.73 Å². The fourth-order valence-electron chi connectivity index (χ4n) is 4.86. The molecule has 0 aliphatic carbocycles. The van der Waals surface area contributed by atoms with Crippen molar-refractivity contribution in [2.24, 2.45) is 5.73 Å². The Bertz CT molecular complexity index is 1120. The van der Waals surface area contributed by atoms with Crippen LogP contribution in [0.3, 0.4) is 0 Å². The maximum Gasteiger partial charge on any atom is 0.416 e. The predicted octanol–water partition coefficient (Wildman–Crippen LogP) is 3.15. The molecule has 0 aromatic heterocycles. The van der Waals surface area contributed by atoms with E-state index in [1.807, 2.05) is 0 Å². The number of anilines is 1. The number of alkyl halides is 3. The minimum absolute atomic E-state index is 0.0763. The summed E-state index contributed by atoms with van der Waals surface area (Å²) in [6.07, 6.45) is -2.13. The molecule has 0 radical (unpaired) electrons. The van der Waals surface area contributed by atoms with Crippen LogP contribution in [0.25, 0.3) is 6.08 Å². The van der Waals surface area contributed by atoms with Crippen LogP contribution in [0.2, 0.25) is 0 Å². The smallest absolute Gasteiger partial charge is 0.373 e. The number of nitrogens with zero attached hydrogens (tertiary/aromatic N) is 2. The van der Waals surface area contributed by atoms with E-state index in [1.165, 1.54) is 24.3 Å². The van der Waals surface area contributed by atoms with Gasteiger partial charge >= 0.3 is 6.18 Å². The van der Waals surface area contributed by atoms with Crippen molar-refractivity contribution in [2.45, 2.75) is 30.7 Å². The maximum absolute atomic E-state index is 13.2. The number of carbonyl (C=O) groups excluding carboxylic acids is 2. The van der Waals surface area contributed by atoms with Gasteiger partial charge in [-0.1, -0.05) is 18.2 Å². The number of hydrogen-bond acceptors (Lipinski definition) is 4. The Labute approximate surface area is 189 Å². The molecule has 1 atom stereocenters. The lowest BCUT2D eigenvalue weighted by atomic mass is 9.72. The van der Waals surface area contributed by atoms with E-state index in [9.17, 15) is 27.9 Å². The van der Waals surface area contributed by atoms with Crippen molar-refractivity contribution in [3.05, 3.63) is 70.8 Å². The van der Waals surface area contributed by atoms with Crippen molar-refractivity contribution in [3.8, 4) is 0 Å². The molecule has 2 aromatic rings. The summed E-state index contributed by atoms with van der Waals surface area (Å²) in [4.78, 5) is 27.7. The van der Waals surface area contributed by atoms with Gasteiger partial charge in [0.1, 0.15) is 6.23 Å². The molecule has 4 rings (SSSR count). The largest absolute Gasteiger partial charge is 0.416 e. The fourth-order valence-corrected chi connectivity index (χ4v) is 4.86. The number of carbonyl (C=O) groups is 2. The highest BCUT2D eigenvalue weighted by Crippen LogP contribution is 2.50. The summed E-state index contributed by atoms with van der Waals surface area (Å²) in [6.45, 7) is 0.629. The van der Waals surface area contributed by atoms with Gasteiger partial charge in [0.2, 0.25) is 11.8 Å². The third kappa shape index (κ3) is 3.97. The molecule has 0 bridgehead atoms. The highest BCUT2D eigenvalue weighted by atomic mass is 19.4. The quantitative estimate of drug-likeness (QED) is 0.691. The third-order valence-corrected chi connectivity index (χ3v) is 6.70. The van der Waals surface area contributed by atoms with E-state index < -0.39 is 35.2 Å². The number of benzene rings is 2. The molecule has 2 aliphatic heterocycles. The number of hydrogen-bond donors (Lipinski definition) is 2. The molecule has 9 heteroatoms. The number of amides is 2. The Morgan fingerprint density at radius 3 is 2.45 bits per heavy atom. The van der Waals surface area contributed by atoms with Gasteiger partial charge in [0, 0.05) is 42.9 Å². The molecule has 6 nitrogen and oxygen atoms in total. The van der Waals surface area contributed by atoms with Gasteiger partial charge in [-0.2, -0.15) is 13.2 Å². The first kappa shape index (κ1) is 22.8. The second kappa shape index (κ2) is 8.22. The first-order chi connectivity index (χ1) is 15.5. The van der Waals surface area contributed by atoms with Crippen LogP contribution in [0.1, 0.15) is 39.9 Å². The first-order valence-electron chi connectivity index (χ1n) is 10.5. The molecular formula is C24H24F3N3O3. The van der Waals surface area contributed by atoms with Crippen LogP contribution in [-0.2, 0) is 16.4 Å². The van der Waals surface area contributed by atoms with Gasteiger partial charge in [-0.3, -0.25) is 9.59 Å². The average Bonchev–Trinajstić information content (AvgIpc) is 2.99. The lowest BCUT2D eigenvalue weighted by molar-refractivity contribution is -0.137. The van der Waals surface area contributed by atoms with Crippen LogP contribution < -0.4 is 10.6 Å². The summed E-state index contributed by atoms with van der Waals surface area (Å²) in [5.41, 5.74) is 5.85. The lowest BCUT2D eigenvalue weighted by Crippen LogP contribution is -2.51. The number of fused-ring (bicyclic) bond motifs is 2. The normalized spacial score (nSPS) is 19.8. The standard InChI is InChI=1S/C24H24F3N3O3/c1-29-19-8-6-16(21(28)32)14-18(19)23(22(29)33)10-12-30(13-11-23)20(31)9-7-15-4-2-3-5-17(15)24(25,26)27/h2-9,14,22,33H,10-13H2,1H3,(H2,28,32)/b9-7+. The molecule has 1 spiro atoms. The number of likely N-dealkylation sites (tertiary alicyclic amines) is 1. The van der Waals surface area contributed by atoms with Gasteiger partial charge < -0.3 is 20.6 Å². The van der Waals surface area contributed by atoms with Crippen molar-refractivity contribution < 1.29 is 27.9 Å². The molecule has 1 unspecified atom stereocenters. The maximum atomic E-state index is 13.2. The zero-order valence-electron chi connectivity index (χ0n) is 18.0. The average molecular weight is 459 g/mol. The van der Waals surface area contributed by atoms with E-state index in [1.54, 1.807) is 35.0 Å². The molecule has 2 amide bonds. The first-order valence-corrected chi connectivity index (χ1v) is 10.5. The van der Waals surface area contributed by atoms with E-state index in [0.717, 1.165) is 23.4 Å². The lowest BCUT2D eigenvalue weighted by Gasteiger charge is -2.42. The van der Waals surface area contributed by atoms with E-state index in [2.05, 4.69) is 0 Å². The number of aliphatic hydroxyl groups excluding tert-OH is 1. The van der Waals surface area contributed by atoms with Crippen molar-refractivity contribution in [1.82, 2.24) is 4.90 Å². The molecule has 2 aromatic carbocycles. The van der Waals surface area contributed by atoms with Gasteiger partial charge in [0.25, 0.3) is 0 Å². The minimum Gasteiger partial charge on any atom is -0.373 e. The van der Waals surface area contributed by atoms with Crippen molar-refractivity contribution in [2.75, 3.05) is 25.0 Å². The van der Waals surface area contributed by atoms with Crippen LogP contribution in [0.15, 0.2) is 48.5 Å². The highest BCUT2D eigenvalue weighted by molar-refractivity contribution is 5.94. The Morgan fingerprint density at radius 1 is 1.15 bits per heavy atom. The van der Waals surface area contributed by atoms with Gasteiger partial charge in [-0.25, -0.2) is 0 Å². The second-order valence-corrected chi connectivity index (χ2v) is 8.48. The van der Waals surface area contributed by atoms with Gasteiger partial charge in [-0.05, 0) is 54.3 Å². The van der Waals surface area contributed by atoms with Gasteiger partial charge in [-0.15, -0.1) is 0 Å². The molecule has 3 N–H and O–H groups in total. The number of piperidine rings is 1. The summed E-state index contributed by atoms with van der Waals surface area (Å²) in [5.74, 6) is -0.956. The zero-order chi connectivity index (χ0) is 24.0. The van der Waals surface area contributed by atoms with Crippen LogP contribution in [0.5, 0.6) is 0 Å². The summed E-state index contributed by atoms with van der Waals surface area (Å²) in [5, 5.41) is 11.0. The summed E-state index contributed by atoms with van der Waals surface area (Å²) in [7, 11) is 1.76. The third-order valence-electron chi connectivity index (χ3n) is 6.70. The molecule has 0 saturated carbocycles. The number of likely N-dealkylation sites (N-methyl/N-ethyl adjacent to an activating group) is 1. The Hall–Kier alpha value is -3.33. The number of halogens is 3. The number of nitrogens with two attached hydrogens (primary N) is 1. The van der Waals surface area contributed by atoms with Crippen LogP contribution in [0.4, 0.5) is 18.9 Å². The topological polar surface area (TPSA) is 86.9 Å². The van der Waals surface area contributed by atoms with Crippen LogP contribution in [0, 0.1) is 0 Å². The SMILES string of the molecule is CN1c2ccc(C(N)=O)cc2C2(CCN(C(=O)/C=C/c3ccccc3C(F)(F)F)CC2)C1O. The number of rotatable bonds is 3. The molecule has 174 valence electrons. The summed E-state index contributed by atoms with van der Waals surface area (Å²) >= 11 is 0. The molecular weight excluding hydrogens is 435 g/mol. The zero-order valence-corrected chi connectivity index (χ0v) is 18.0. The predicted molar refractivity (Wildman–Crippen MR) is 117 cm³/mol. The van der Waals surface area contributed by atoms with E-state index in [-0.39, 0.29) is 5.56 Å². The second-order valence-electron chi connectivity index (χ2n) is 8.48. The van der Waals surface area contributed by atoms with Crippen LogP contribution >= 0.6 is 0 Å². The Morgan fingerprint density at radius 2 is 1.82 bits per heavy atom. The molecule has 2 aliphatic rings. The molecule has 1 fully saturated rings. The van der Waals surface area contributed by atoms with E-state index >= 15 is 0 Å². The fraction of sp³-hybridized carbons (Fsp3) is 0.333. The summed E-state index contributed by atoms with van der Waals surface area (Å²) < 4.78 is 39.5. The monoisotopic (exact) mass is 459 g/mol. The van der Waals surface area contributed by atoms with Crippen molar-refractivity contribution in [1.29, 1.82) is 0 Å². The Balaban J connectivity index is 1.52. The van der Waals surface area contributed by atoms with E-state index in [0.29, 0.717) is 31.5 Å². The summed E-state index contributed by atoms with van der Waals surface area (Å²) in [6, 6.07) is 10.2. The molecule has 2 heterocycles. The highest BCUT2D eigenvalue weighted by Gasteiger charge is 2.51. The molecule has 33 heavy (non-hydrogen) atoms.